The third kappa shape index (κ3) is 15.5. The number of carboxylic acid groups (broad SMARTS) is 2. The van der Waals surface area contributed by atoms with E-state index in [0.29, 0.717) is 5.57 Å². The quantitative estimate of drug-likeness (QED) is 0.401. The molecule has 0 fully saturated rings. The van der Waals surface area contributed by atoms with Crippen LogP contribution >= 0.6 is 22.6 Å². The number of carbonyl (C=O) groups is 2. The van der Waals surface area contributed by atoms with Gasteiger partial charge in [-0.1, -0.05) is 47.3 Å². The summed E-state index contributed by atoms with van der Waals surface area (Å²) in [6.07, 6.45) is 0. The van der Waals surface area contributed by atoms with Gasteiger partial charge in [0.15, 0.2) is 0 Å². The van der Waals surface area contributed by atoms with E-state index < -0.39 is 17.9 Å². The Balaban J connectivity index is -0.000000109. The minimum Gasteiger partial charge on any atom is -0.481 e. The van der Waals surface area contributed by atoms with E-state index in [0.717, 1.165) is 0 Å². The van der Waals surface area contributed by atoms with Crippen molar-refractivity contribution in [3.8, 4) is 0 Å². The summed E-state index contributed by atoms with van der Waals surface area (Å²) in [5.41, 5.74) is 0.573. The first kappa shape index (κ1) is 27.7. The minimum absolute atomic E-state index is 0. The summed E-state index contributed by atoms with van der Waals surface area (Å²) in [6, 6.07) is 0. The zero-order chi connectivity index (χ0) is 16.4. The van der Waals surface area contributed by atoms with Crippen LogP contribution in [0.2, 0.25) is 0 Å². The first-order valence-electron chi connectivity index (χ1n) is 5.79. The summed E-state index contributed by atoms with van der Waals surface area (Å²) < 4.78 is 0. The number of hydrogen-bond acceptors (Lipinski definition) is 2. The molecule has 122 valence electrons. The number of halogens is 1. The van der Waals surface area contributed by atoms with Gasteiger partial charge < -0.3 is 32.8 Å². The van der Waals surface area contributed by atoms with E-state index in [1.165, 1.54) is 0 Å². The maximum atomic E-state index is 10.3. The molecule has 0 spiro atoms. The molecule has 4 nitrogen and oxygen atoms in total. The van der Waals surface area contributed by atoms with E-state index in [-0.39, 0.29) is 18.8 Å². The maximum absolute atomic E-state index is 10.3. The van der Waals surface area contributed by atoms with Crippen molar-refractivity contribution >= 4 is 34.5 Å². The third-order valence-electron chi connectivity index (χ3n) is 2.78. The SMILES string of the molecule is C.C=C(C)[C@H](C)C(=O)O.C[C@H](C(=O)O)C(C)(C)C.[CH2-]I. The van der Waals surface area contributed by atoms with Crippen molar-refractivity contribution in [2.75, 3.05) is 0 Å². The molecule has 0 saturated heterocycles. The lowest BCUT2D eigenvalue weighted by molar-refractivity contribution is -0.144. The number of rotatable bonds is 3. The first-order chi connectivity index (χ1) is 8.41. The molecule has 0 aromatic heterocycles. The lowest BCUT2D eigenvalue weighted by atomic mass is 9.82. The third-order valence-corrected chi connectivity index (χ3v) is 2.78. The Morgan fingerprint density at radius 3 is 1.40 bits per heavy atom. The molecule has 0 rings (SSSR count). The predicted molar refractivity (Wildman–Crippen MR) is 94.0 cm³/mol. The fourth-order valence-electron chi connectivity index (χ4n) is 0.581. The highest BCUT2D eigenvalue weighted by molar-refractivity contribution is 14.1. The molecule has 0 aliphatic carbocycles. The van der Waals surface area contributed by atoms with Gasteiger partial charge in [0.2, 0.25) is 0 Å². The molecule has 20 heavy (non-hydrogen) atoms. The van der Waals surface area contributed by atoms with Crippen LogP contribution in [-0.2, 0) is 9.59 Å². The molecule has 0 aliphatic heterocycles. The van der Waals surface area contributed by atoms with Crippen LogP contribution in [0.1, 0.15) is 49.0 Å². The standard InChI is InChI=1S/C7H14O2.C6H10O2.CH2I.CH4/c1-5(6(8)9)7(2,3)4;1-4(2)5(3)6(7)8;1-2;/h5H,1-4H3,(H,8,9);5H,1H2,2-3H3,(H,7,8);1H2;1H4/q;;-1;/t2*5-;;/m10../s1. The topological polar surface area (TPSA) is 74.6 Å². The summed E-state index contributed by atoms with van der Waals surface area (Å²) >= 11 is 1.90. The minimum atomic E-state index is -0.808. The Kier molecular flexibility index (Phi) is 18.6. The lowest BCUT2D eigenvalue weighted by Crippen LogP contribution is -2.25. The Labute approximate surface area is 137 Å². The molecule has 0 aromatic carbocycles. The highest BCUT2D eigenvalue weighted by atomic mass is 127. The number of aliphatic carboxylic acids is 2. The van der Waals surface area contributed by atoms with Crippen LogP contribution < -0.4 is 0 Å². The zero-order valence-corrected chi connectivity index (χ0v) is 14.8. The largest absolute Gasteiger partial charge is 0.481 e. The van der Waals surface area contributed by atoms with Crippen LogP contribution in [0.15, 0.2) is 12.2 Å². The summed E-state index contributed by atoms with van der Waals surface area (Å²) in [6.45, 7) is 14.3. The van der Waals surface area contributed by atoms with Crippen molar-refractivity contribution in [2.24, 2.45) is 17.3 Å². The van der Waals surface area contributed by atoms with E-state index >= 15 is 0 Å². The van der Waals surface area contributed by atoms with Gasteiger partial charge in [0, 0.05) is 0 Å². The second-order valence-corrected chi connectivity index (χ2v) is 5.33. The molecule has 0 radical (unpaired) electrons. The molecular formula is C15H30IO4-. The van der Waals surface area contributed by atoms with Gasteiger partial charge in [-0.05, 0) is 19.3 Å². The fraction of sp³-hybridized carbons (Fsp3) is 0.667. The summed E-state index contributed by atoms with van der Waals surface area (Å²) in [5, 5.41) is 16.8. The Bertz CT molecular complexity index is 279. The normalized spacial score (nSPS) is 12.2. The maximum Gasteiger partial charge on any atom is 0.310 e. The highest BCUT2D eigenvalue weighted by Gasteiger charge is 2.25. The molecule has 0 aliphatic rings. The van der Waals surface area contributed by atoms with Gasteiger partial charge in [0.25, 0.3) is 0 Å². The van der Waals surface area contributed by atoms with Crippen molar-refractivity contribution in [3.05, 3.63) is 17.1 Å². The van der Waals surface area contributed by atoms with Crippen molar-refractivity contribution in [3.63, 3.8) is 0 Å². The molecule has 0 heterocycles. The van der Waals surface area contributed by atoms with Crippen LogP contribution in [0.3, 0.4) is 0 Å². The second kappa shape index (κ2) is 13.4. The Morgan fingerprint density at radius 2 is 1.40 bits per heavy atom. The average Bonchev–Trinajstić information content (AvgIpc) is 2.28. The fourth-order valence-corrected chi connectivity index (χ4v) is 0.581. The molecule has 2 N–H and O–H groups in total. The van der Waals surface area contributed by atoms with Gasteiger partial charge in [-0.25, -0.2) is 0 Å². The monoisotopic (exact) mass is 401 g/mol. The van der Waals surface area contributed by atoms with Crippen LogP contribution in [0.25, 0.3) is 0 Å². The van der Waals surface area contributed by atoms with E-state index in [9.17, 15) is 9.59 Å². The predicted octanol–water partition coefficient (Wildman–Crippen LogP) is 4.89. The lowest BCUT2D eigenvalue weighted by Gasteiger charge is -2.22. The molecule has 0 amide bonds. The molecule has 0 saturated carbocycles. The molecule has 2 atom stereocenters. The average molecular weight is 401 g/mol. The van der Waals surface area contributed by atoms with Gasteiger partial charge in [-0.2, -0.15) is 0 Å². The van der Waals surface area contributed by atoms with Gasteiger partial charge in [0.05, 0.1) is 11.8 Å². The molecule has 0 unspecified atom stereocenters. The van der Waals surface area contributed by atoms with E-state index in [4.69, 9.17) is 10.2 Å². The number of carboxylic acids is 2. The highest BCUT2D eigenvalue weighted by Crippen LogP contribution is 2.24. The van der Waals surface area contributed by atoms with Crippen molar-refractivity contribution in [1.82, 2.24) is 0 Å². The molecule has 5 heteroatoms. The molecule has 0 bridgehead atoms. The van der Waals surface area contributed by atoms with Crippen molar-refractivity contribution < 1.29 is 19.8 Å². The van der Waals surface area contributed by atoms with Crippen LogP contribution in [0.4, 0.5) is 0 Å². The van der Waals surface area contributed by atoms with Crippen LogP contribution in [0, 0.1) is 22.2 Å². The van der Waals surface area contributed by atoms with Gasteiger partial charge >= 0.3 is 11.9 Å². The smallest absolute Gasteiger partial charge is 0.310 e. The number of hydrogen-bond donors (Lipinski definition) is 2. The summed E-state index contributed by atoms with van der Waals surface area (Å²) in [4.78, 5) is 23.6. The van der Waals surface area contributed by atoms with Crippen molar-refractivity contribution in [1.29, 1.82) is 0 Å². The van der Waals surface area contributed by atoms with Gasteiger partial charge in [0.1, 0.15) is 0 Å². The van der Waals surface area contributed by atoms with Gasteiger partial charge in [-0.3, -0.25) is 14.5 Å². The van der Waals surface area contributed by atoms with Crippen LogP contribution in [-0.4, -0.2) is 22.2 Å². The Hall–Kier alpha value is -0.590. The zero-order valence-electron chi connectivity index (χ0n) is 12.7. The first-order valence-corrected chi connectivity index (χ1v) is 7.31. The van der Waals surface area contributed by atoms with Crippen molar-refractivity contribution in [2.45, 2.75) is 49.0 Å². The van der Waals surface area contributed by atoms with E-state index in [2.05, 4.69) is 11.5 Å². The van der Waals surface area contributed by atoms with Gasteiger partial charge in [-0.15, -0.1) is 0 Å². The second-order valence-electron chi connectivity index (χ2n) is 5.33. The van der Waals surface area contributed by atoms with E-state index in [1.807, 2.05) is 43.4 Å². The summed E-state index contributed by atoms with van der Waals surface area (Å²) in [5.74, 6) is -2.20. The van der Waals surface area contributed by atoms with E-state index in [1.54, 1.807) is 20.8 Å². The molecular weight excluding hydrogens is 371 g/mol. The summed E-state index contributed by atoms with van der Waals surface area (Å²) in [7, 11) is 0. The van der Waals surface area contributed by atoms with Crippen LogP contribution in [0.5, 0.6) is 0 Å². The Morgan fingerprint density at radius 1 is 1.10 bits per heavy atom. The molecule has 0 aromatic rings.